The van der Waals surface area contributed by atoms with Crippen molar-refractivity contribution in [1.29, 1.82) is 0 Å². The monoisotopic (exact) mass is 366 g/mol. The fourth-order valence-electron chi connectivity index (χ4n) is 2.32. The van der Waals surface area contributed by atoms with Gasteiger partial charge < -0.3 is 4.57 Å². The predicted octanol–water partition coefficient (Wildman–Crippen LogP) is 4.30. The van der Waals surface area contributed by atoms with Crippen molar-refractivity contribution in [3.8, 4) is 5.69 Å². The fourth-order valence-corrected chi connectivity index (χ4v) is 3.40. The minimum atomic E-state index is -4.58. The lowest BCUT2D eigenvalue weighted by Crippen LogP contribution is -2.16. The molecule has 0 fully saturated rings. The van der Waals surface area contributed by atoms with Gasteiger partial charge in [0.2, 0.25) is 0 Å². The van der Waals surface area contributed by atoms with Crippen LogP contribution in [0, 0.1) is 0 Å². The number of hydrogen-bond acceptors (Lipinski definition) is 2. The second-order valence-electron chi connectivity index (χ2n) is 5.24. The molecule has 130 valence electrons. The highest BCUT2D eigenvalue weighted by Crippen LogP contribution is 2.34. The zero-order valence-corrected chi connectivity index (χ0v) is 13.6. The molecule has 1 aromatic heterocycles. The smallest absolute Gasteiger partial charge is 0.322 e. The molecule has 2 aromatic carbocycles. The van der Waals surface area contributed by atoms with E-state index in [9.17, 15) is 21.6 Å². The number of halogens is 3. The summed E-state index contributed by atoms with van der Waals surface area (Å²) in [5.41, 5.74) is -0.804. The molecule has 0 amide bonds. The van der Waals surface area contributed by atoms with Gasteiger partial charge in [-0.25, -0.2) is 8.42 Å². The van der Waals surface area contributed by atoms with Gasteiger partial charge in [0, 0.05) is 12.4 Å². The van der Waals surface area contributed by atoms with E-state index < -0.39 is 21.8 Å². The molecule has 3 rings (SSSR count). The van der Waals surface area contributed by atoms with Crippen molar-refractivity contribution < 1.29 is 21.6 Å². The van der Waals surface area contributed by atoms with Crippen molar-refractivity contribution in [3.63, 3.8) is 0 Å². The Morgan fingerprint density at radius 1 is 0.880 bits per heavy atom. The molecule has 8 heteroatoms. The van der Waals surface area contributed by atoms with Crippen LogP contribution in [0.4, 0.5) is 18.9 Å². The molecule has 0 unspecified atom stereocenters. The Labute approximate surface area is 142 Å². The lowest BCUT2D eigenvalue weighted by atomic mass is 10.1. The normalized spacial score (nSPS) is 12.1. The Kier molecular flexibility index (Phi) is 4.30. The van der Waals surface area contributed by atoms with Gasteiger partial charge >= 0.3 is 6.18 Å². The van der Waals surface area contributed by atoms with E-state index in [2.05, 4.69) is 4.72 Å². The summed E-state index contributed by atoms with van der Waals surface area (Å²) in [5.74, 6) is 0. The van der Waals surface area contributed by atoms with Gasteiger partial charge in [0.05, 0.1) is 21.8 Å². The van der Waals surface area contributed by atoms with Crippen molar-refractivity contribution in [2.45, 2.75) is 11.1 Å². The van der Waals surface area contributed by atoms with Gasteiger partial charge in [0.1, 0.15) is 0 Å². The molecule has 1 N–H and O–H groups in total. The number of benzene rings is 2. The van der Waals surface area contributed by atoms with Crippen LogP contribution in [0.1, 0.15) is 5.56 Å². The largest absolute Gasteiger partial charge is 0.416 e. The summed E-state index contributed by atoms with van der Waals surface area (Å²) >= 11 is 0. The average Bonchev–Trinajstić information content (AvgIpc) is 3.09. The predicted molar refractivity (Wildman–Crippen MR) is 88.0 cm³/mol. The van der Waals surface area contributed by atoms with Gasteiger partial charge in [-0.05, 0) is 42.5 Å². The maximum Gasteiger partial charge on any atom is 0.416 e. The third kappa shape index (κ3) is 3.69. The molecule has 0 radical (unpaired) electrons. The minimum Gasteiger partial charge on any atom is -0.322 e. The summed E-state index contributed by atoms with van der Waals surface area (Å²) in [5, 5.41) is 0. The van der Waals surface area contributed by atoms with E-state index in [0.717, 1.165) is 12.1 Å². The first-order chi connectivity index (χ1) is 11.8. The number of nitrogens with one attached hydrogen (secondary N) is 1. The maximum atomic E-state index is 13.0. The van der Waals surface area contributed by atoms with Gasteiger partial charge in [-0.2, -0.15) is 13.2 Å². The fraction of sp³-hybridized carbons (Fsp3) is 0.0588. The standard InChI is InChI=1S/C17H13F3N2O2S/c18-17(19,20)13-8-9-16(22-10-4-5-11-22)15(12-13)21-25(23,24)14-6-2-1-3-7-14/h1-12,21H. The van der Waals surface area contributed by atoms with Crippen LogP contribution in [-0.4, -0.2) is 13.0 Å². The zero-order chi connectivity index (χ0) is 18.1. The molecular formula is C17H13F3N2O2S. The Bertz CT molecular complexity index is 967. The van der Waals surface area contributed by atoms with E-state index in [1.165, 1.54) is 34.9 Å². The minimum absolute atomic E-state index is 0.0362. The van der Waals surface area contributed by atoms with Gasteiger partial charge in [0.25, 0.3) is 10.0 Å². The Balaban J connectivity index is 2.10. The first-order valence-electron chi connectivity index (χ1n) is 7.20. The van der Waals surface area contributed by atoms with Crippen LogP contribution in [0.25, 0.3) is 5.69 Å². The number of aromatic nitrogens is 1. The summed E-state index contributed by atoms with van der Waals surface area (Å²) in [4.78, 5) is -0.0362. The average molecular weight is 366 g/mol. The highest BCUT2D eigenvalue weighted by Gasteiger charge is 2.31. The van der Waals surface area contributed by atoms with Crippen molar-refractivity contribution in [2.24, 2.45) is 0 Å². The van der Waals surface area contributed by atoms with Crippen LogP contribution in [0.15, 0.2) is 78.0 Å². The summed E-state index contributed by atoms with van der Waals surface area (Å²) in [6, 6.07) is 13.8. The zero-order valence-electron chi connectivity index (χ0n) is 12.7. The molecule has 0 bridgehead atoms. The van der Waals surface area contributed by atoms with E-state index in [4.69, 9.17) is 0 Å². The highest BCUT2D eigenvalue weighted by molar-refractivity contribution is 7.92. The Morgan fingerprint density at radius 2 is 1.52 bits per heavy atom. The molecule has 0 aliphatic rings. The first kappa shape index (κ1) is 17.1. The third-order valence-electron chi connectivity index (χ3n) is 3.50. The van der Waals surface area contributed by atoms with Gasteiger partial charge in [-0.3, -0.25) is 4.72 Å². The number of rotatable bonds is 4. The summed E-state index contributed by atoms with van der Waals surface area (Å²) in [6.45, 7) is 0. The molecule has 0 spiro atoms. The van der Waals surface area contributed by atoms with E-state index in [1.807, 2.05) is 0 Å². The molecule has 0 aliphatic heterocycles. The number of sulfonamides is 1. The molecule has 0 aliphatic carbocycles. The lowest BCUT2D eigenvalue weighted by Gasteiger charge is -2.16. The molecule has 0 atom stereocenters. The highest BCUT2D eigenvalue weighted by atomic mass is 32.2. The number of hydrogen-bond donors (Lipinski definition) is 1. The first-order valence-corrected chi connectivity index (χ1v) is 8.68. The molecule has 3 aromatic rings. The van der Waals surface area contributed by atoms with Crippen LogP contribution in [0.5, 0.6) is 0 Å². The summed E-state index contributed by atoms with van der Waals surface area (Å²) < 4.78 is 67.8. The number of anilines is 1. The van der Waals surface area contributed by atoms with Crippen molar-refractivity contribution >= 4 is 15.7 Å². The summed E-state index contributed by atoms with van der Waals surface area (Å²) in [7, 11) is -4.02. The summed E-state index contributed by atoms with van der Waals surface area (Å²) in [6.07, 6.45) is -1.35. The van der Waals surface area contributed by atoms with E-state index in [-0.39, 0.29) is 16.3 Å². The van der Waals surface area contributed by atoms with Crippen LogP contribution in [0.2, 0.25) is 0 Å². The molecule has 1 heterocycles. The quantitative estimate of drug-likeness (QED) is 0.749. The van der Waals surface area contributed by atoms with Crippen LogP contribution in [-0.2, 0) is 16.2 Å². The van der Waals surface area contributed by atoms with Crippen LogP contribution >= 0.6 is 0 Å². The molecule has 4 nitrogen and oxygen atoms in total. The van der Waals surface area contributed by atoms with E-state index >= 15 is 0 Å². The molecule has 0 saturated carbocycles. The van der Waals surface area contributed by atoms with Crippen LogP contribution < -0.4 is 4.72 Å². The number of nitrogens with zero attached hydrogens (tertiary/aromatic N) is 1. The molecule has 0 saturated heterocycles. The number of alkyl halides is 3. The van der Waals surface area contributed by atoms with E-state index in [1.54, 1.807) is 30.6 Å². The van der Waals surface area contributed by atoms with Crippen molar-refractivity contribution in [3.05, 3.63) is 78.6 Å². The van der Waals surface area contributed by atoms with Crippen molar-refractivity contribution in [2.75, 3.05) is 4.72 Å². The third-order valence-corrected chi connectivity index (χ3v) is 4.89. The van der Waals surface area contributed by atoms with Crippen LogP contribution in [0.3, 0.4) is 0 Å². The van der Waals surface area contributed by atoms with Gasteiger partial charge in [0.15, 0.2) is 0 Å². The van der Waals surface area contributed by atoms with Gasteiger partial charge in [-0.15, -0.1) is 0 Å². The SMILES string of the molecule is O=S(=O)(Nc1cc(C(F)(F)F)ccc1-n1cccc1)c1ccccc1. The van der Waals surface area contributed by atoms with E-state index in [0.29, 0.717) is 0 Å². The lowest BCUT2D eigenvalue weighted by molar-refractivity contribution is -0.137. The topological polar surface area (TPSA) is 51.1 Å². The maximum absolute atomic E-state index is 13.0. The second-order valence-corrected chi connectivity index (χ2v) is 6.92. The second kappa shape index (κ2) is 6.29. The molecule has 25 heavy (non-hydrogen) atoms. The van der Waals surface area contributed by atoms with Crippen molar-refractivity contribution in [1.82, 2.24) is 4.57 Å². The van der Waals surface area contributed by atoms with Gasteiger partial charge in [-0.1, -0.05) is 18.2 Å². The Hall–Kier alpha value is -2.74. The molecular weight excluding hydrogens is 353 g/mol. The Morgan fingerprint density at radius 3 is 2.12 bits per heavy atom.